The van der Waals surface area contributed by atoms with Gasteiger partial charge in [-0.25, -0.2) is 4.98 Å². The molecule has 2 aromatic rings. The van der Waals surface area contributed by atoms with E-state index in [-0.39, 0.29) is 17.2 Å². The molecule has 0 saturated heterocycles. The summed E-state index contributed by atoms with van der Waals surface area (Å²) in [6.45, 7) is 0. The van der Waals surface area contributed by atoms with Crippen LogP contribution in [0, 0.1) is 0 Å². The molecule has 122 valence electrons. The zero-order valence-corrected chi connectivity index (χ0v) is 14.0. The zero-order valence-electron chi connectivity index (χ0n) is 12.4. The third kappa shape index (κ3) is 4.64. The summed E-state index contributed by atoms with van der Waals surface area (Å²) in [5.41, 5.74) is 0.167. The lowest BCUT2D eigenvalue weighted by Crippen LogP contribution is -2.15. The van der Waals surface area contributed by atoms with Gasteiger partial charge in [0.05, 0.1) is 30.7 Å². The first-order chi connectivity index (χ1) is 11.0. The minimum atomic E-state index is -0.288. The molecule has 1 heterocycles. The number of aromatic amines is 1. The first-order valence-corrected chi connectivity index (χ1v) is 7.79. The fourth-order valence-corrected chi connectivity index (χ4v) is 2.58. The summed E-state index contributed by atoms with van der Waals surface area (Å²) in [4.78, 5) is 29.7. The van der Waals surface area contributed by atoms with Gasteiger partial charge in [-0.2, -0.15) is 0 Å². The highest BCUT2D eigenvalue weighted by Gasteiger charge is 2.13. The lowest BCUT2D eigenvalue weighted by atomic mass is 10.2. The number of benzene rings is 1. The molecule has 0 atom stereocenters. The van der Waals surface area contributed by atoms with Crippen molar-refractivity contribution in [2.24, 2.45) is 0 Å². The van der Waals surface area contributed by atoms with Crippen molar-refractivity contribution in [1.82, 2.24) is 9.97 Å². The number of H-pyrrole nitrogens is 1. The topological polar surface area (TPSA) is 93.3 Å². The summed E-state index contributed by atoms with van der Waals surface area (Å²) < 4.78 is 10.3. The molecule has 0 bridgehead atoms. The second-order valence-electron chi connectivity index (χ2n) is 4.26. The van der Waals surface area contributed by atoms with E-state index in [4.69, 9.17) is 21.1 Å². The van der Waals surface area contributed by atoms with Crippen LogP contribution in [0.1, 0.15) is 0 Å². The molecule has 0 unspecified atom stereocenters. The fourth-order valence-electron chi connectivity index (χ4n) is 1.70. The third-order valence-electron chi connectivity index (χ3n) is 2.74. The second-order valence-corrected chi connectivity index (χ2v) is 5.63. The summed E-state index contributed by atoms with van der Waals surface area (Å²) in [5, 5.41) is 3.45. The van der Waals surface area contributed by atoms with Crippen molar-refractivity contribution in [3.63, 3.8) is 0 Å². The van der Waals surface area contributed by atoms with Crippen LogP contribution in [-0.2, 0) is 4.79 Å². The molecule has 0 radical (unpaired) electrons. The minimum absolute atomic E-state index is 0.0705. The molecule has 7 nitrogen and oxygen atoms in total. The first kappa shape index (κ1) is 17.2. The van der Waals surface area contributed by atoms with Gasteiger partial charge >= 0.3 is 0 Å². The normalized spacial score (nSPS) is 10.2. The van der Waals surface area contributed by atoms with Gasteiger partial charge in [-0.3, -0.25) is 9.59 Å². The number of methoxy groups -OCH3 is 2. The highest BCUT2D eigenvalue weighted by atomic mass is 35.5. The molecule has 0 aliphatic rings. The molecule has 1 amide bonds. The van der Waals surface area contributed by atoms with Crippen LogP contribution in [0.25, 0.3) is 0 Å². The Hall–Kier alpha value is -2.19. The van der Waals surface area contributed by atoms with E-state index in [1.54, 1.807) is 12.1 Å². The molecular weight excluding hydrogens is 342 g/mol. The molecule has 1 aromatic carbocycles. The Labute approximate surface area is 141 Å². The Morgan fingerprint density at radius 2 is 2.09 bits per heavy atom. The molecule has 0 saturated carbocycles. The van der Waals surface area contributed by atoms with Crippen LogP contribution >= 0.6 is 23.4 Å². The van der Waals surface area contributed by atoms with Crippen molar-refractivity contribution in [3.05, 3.63) is 39.8 Å². The van der Waals surface area contributed by atoms with Crippen LogP contribution in [0.2, 0.25) is 5.02 Å². The average Bonchev–Trinajstić information content (AvgIpc) is 2.54. The number of thioether (sulfide) groups is 1. The largest absolute Gasteiger partial charge is 0.495 e. The van der Waals surface area contributed by atoms with Crippen molar-refractivity contribution < 1.29 is 14.3 Å². The molecule has 0 fully saturated rings. The zero-order chi connectivity index (χ0) is 16.8. The number of rotatable bonds is 6. The van der Waals surface area contributed by atoms with E-state index in [0.717, 1.165) is 11.8 Å². The van der Waals surface area contributed by atoms with Gasteiger partial charge in [0.2, 0.25) is 5.91 Å². The van der Waals surface area contributed by atoms with E-state index in [0.29, 0.717) is 27.4 Å². The monoisotopic (exact) mass is 355 g/mol. The maximum atomic E-state index is 12.0. The smallest absolute Gasteiger partial charge is 0.251 e. The van der Waals surface area contributed by atoms with E-state index < -0.39 is 0 Å². The van der Waals surface area contributed by atoms with E-state index in [1.807, 2.05) is 0 Å². The number of carbonyl (C=O) groups excluding carboxylic acids is 1. The summed E-state index contributed by atoms with van der Waals surface area (Å²) in [6.07, 6.45) is 1.38. The van der Waals surface area contributed by atoms with Crippen molar-refractivity contribution in [2.75, 3.05) is 25.3 Å². The lowest BCUT2D eigenvalue weighted by Gasteiger charge is -2.13. The maximum Gasteiger partial charge on any atom is 0.251 e. The molecule has 1 aromatic heterocycles. The van der Waals surface area contributed by atoms with Crippen LogP contribution in [0.3, 0.4) is 0 Å². The van der Waals surface area contributed by atoms with Crippen molar-refractivity contribution in [2.45, 2.75) is 5.16 Å². The number of hydrogen-bond acceptors (Lipinski definition) is 6. The van der Waals surface area contributed by atoms with E-state index in [1.165, 1.54) is 26.5 Å². The standard InChI is InChI=1S/C14H14ClN3O4S/c1-21-10-6-9(11(22-2)5-8(10)15)17-13(20)7-23-14-16-4-3-12(19)18-14/h3-6H,7H2,1-2H3,(H,17,20)(H,16,18,19). The Morgan fingerprint density at radius 3 is 2.74 bits per heavy atom. The summed E-state index contributed by atoms with van der Waals surface area (Å²) in [5.74, 6) is 0.621. The number of carbonyl (C=O) groups is 1. The Morgan fingerprint density at radius 1 is 1.35 bits per heavy atom. The van der Waals surface area contributed by atoms with Gasteiger partial charge in [0.25, 0.3) is 5.56 Å². The first-order valence-electron chi connectivity index (χ1n) is 6.43. The number of nitrogens with one attached hydrogen (secondary N) is 2. The fraction of sp³-hybridized carbons (Fsp3) is 0.214. The van der Waals surface area contributed by atoms with Crippen molar-refractivity contribution in [3.8, 4) is 11.5 Å². The van der Waals surface area contributed by atoms with Crippen LogP contribution in [-0.4, -0.2) is 35.8 Å². The number of halogens is 1. The van der Waals surface area contributed by atoms with Crippen LogP contribution < -0.4 is 20.3 Å². The quantitative estimate of drug-likeness (QED) is 0.609. The third-order valence-corrected chi connectivity index (χ3v) is 3.92. The van der Waals surface area contributed by atoms with Gasteiger partial charge in [-0.1, -0.05) is 23.4 Å². The van der Waals surface area contributed by atoms with Gasteiger partial charge in [-0.05, 0) is 0 Å². The number of amides is 1. The lowest BCUT2D eigenvalue weighted by molar-refractivity contribution is -0.113. The molecule has 0 spiro atoms. The number of ether oxygens (including phenoxy) is 2. The van der Waals surface area contributed by atoms with Crippen LogP contribution in [0.4, 0.5) is 5.69 Å². The van der Waals surface area contributed by atoms with Gasteiger partial charge in [0, 0.05) is 24.4 Å². The molecule has 0 aliphatic heterocycles. The van der Waals surface area contributed by atoms with Crippen LogP contribution in [0.15, 0.2) is 34.3 Å². The predicted molar refractivity (Wildman–Crippen MR) is 88.8 cm³/mol. The van der Waals surface area contributed by atoms with E-state index in [2.05, 4.69) is 15.3 Å². The molecule has 2 N–H and O–H groups in total. The average molecular weight is 356 g/mol. The van der Waals surface area contributed by atoms with E-state index >= 15 is 0 Å². The number of anilines is 1. The molecule has 23 heavy (non-hydrogen) atoms. The van der Waals surface area contributed by atoms with E-state index in [9.17, 15) is 9.59 Å². The Bertz CT molecular complexity index is 766. The maximum absolute atomic E-state index is 12.0. The predicted octanol–water partition coefficient (Wildman–Crippen LogP) is 2.17. The van der Waals surface area contributed by atoms with Crippen molar-refractivity contribution >= 4 is 35.0 Å². The van der Waals surface area contributed by atoms with Gasteiger partial charge < -0.3 is 19.8 Å². The highest BCUT2D eigenvalue weighted by molar-refractivity contribution is 7.99. The molecule has 0 aliphatic carbocycles. The molecule has 9 heteroatoms. The van der Waals surface area contributed by atoms with Gasteiger partial charge in [-0.15, -0.1) is 0 Å². The second kappa shape index (κ2) is 7.89. The van der Waals surface area contributed by atoms with Crippen LogP contribution in [0.5, 0.6) is 11.5 Å². The SMILES string of the molecule is COc1cc(NC(=O)CSc2nccc(=O)[nH]2)c(OC)cc1Cl. The summed E-state index contributed by atoms with van der Waals surface area (Å²) >= 11 is 7.12. The Balaban J connectivity index is 2.06. The number of nitrogens with zero attached hydrogens (tertiary/aromatic N) is 1. The molecule has 2 rings (SSSR count). The number of hydrogen-bond donors (Lipinski definition) is 2. The molecular formula is C14H14ClN3O4S. The van der Waals surface area contributed by atoms with Crippen molar-refractivity contribution in [1.29, 1.82) is 0 Å². The highest BCUT2D eigenvalue weighted by Crippen LogP contribution is 2.35. The number of aromatic nitrogens is 2. The Kier molecular flexibility index (Phi) is 5.89. The van der Waals surface area contributed by atoms with Gasteiger partial charge in [0.1, 0.15) is 11.5 Å². The summed E-state index contributed by atoms with van der Waals surface area (Å²) in [7, 11) is 2.95. The minimum Gasteiger partial charge on any atom is -0.495 e. The summed E-state index contributed by atoms with van der Waals surface area (Å²) in [6, 6.07) is 4.43. The van der Waals surface area contributed by atoms with Gasteiger partial charge in [0.15, 0.2) is 5.16 Å².